The zero-order valence-electron chi connectivity index (χ0n) is 14.4. The molecule has 3 rings (SSSR count). The SMILES string of the molecule is COc1ccc(C(CNCc2ccccn2)N2CCCCC2)cc1. The molecule has 0 radical (unpaired) electrons. The molecule has 1 N–H and O–H groups in total. The molecule has 1 aromatic carbocycles. The Hall–Kier alpha value is -1.91. The first-order valence-electron chi connectivity index (χ1n) is 8.85. The van der Waals surface area contributed by atoms with Gasteiger partial charge in [-0.2, -0.15) is 0 Å². The highest BCUT2D eigenvalue weighted by atomic mass is 16.5. The molecule has 0 spiro atoms. The van der Waals surface area contributed by atoms with E-state index in [4.69, 9.17) is 4.74 Å². The predicted molar refractivity (Wildman–Crippen MR) is 97.1 cm³/mol. The Bertz CT molecular complexity index is 594. The molecule has 1 saturated heterocycles. The van der Waals surface area contributed by atoms with Crippen molar-refractivity contribution in [1.82, 2.24) is 15.2 Å². The molecule has 0 aliphatic carbocycles. The van der Waals surface area contributed by atoms with Gasteiger partial charge in [0.05, 0.1) is 12.8 Å². The molecule has 2 aromatic rings. The van der Waals surface area contributed by atoms with E-state index in [-0.39, 0.29) is 0 Å². The number of benzene rings is 1. The summed E-state index contributed by atoms with van der Waals surface area (Å²) in [7, 11) is 1.71. The zero-order valence-corrected chi connectivity index (χ0v) is 14.4. The molecule has 0 bridgehead atoms. The molecule has 1 aromatic heterocycles. The summed E-state index contributed by atoms with van der Waals surface area (Å²) in [6, 6.07) is 15.0. The van der Waals surface area contributed by atoms with Crippen molar-refractivity contribution in [2.75, 3.05) is 26.7 Å². The van der Waals surface area contributed by atoms with E-state index >= 15 is 0 Å². The normalized spacial score (nSPS) is 16.7. The third-order valence-electron chi connectivity index (χ3n) is 4.70. The summed E-state index contributed by atoms with van der Waals surface area (Å²) in [6.45, 7) is 4.11. The Balaban J connectivity index is 1.66. The molecule has 1 unspecified atom stereocenters. The van der Waals surface area contributed by atoms with Crippen LogP contribution in [-0.2, 0) is 6.54 Å². The minimum atomic E-state index is 0.403. The number of rotatable bonds is 7. The van der Waals surface area contributed by atoms with Crippen molar-refractivity contribution in [3.63, 3.8) is 0 Å². The average molecular weight is 325 g/mol. The van der Waals surface area contributed by atoms with E-state index in [1.165, 1.54) is 37.9 Å². The van der Waals surface area contributed by atoms with Gasteiger partial charge in [0.1, 0.15) is 5.75 Å². The van der Waals surface area contributed by atoms with Gasteiger partial charge in [-0.15, -0.1) is 0 Å². The van der Waals surface area contributed by atoms with Gasteiger partial charge in [0.25, 0.3) is 0 Å². The molecule has 2 heterocycles. The number of ether oxygens (including phenoxy) is 1. The van der Waals surface area contributed by atoms with Crippen molar-refractivity contribution in [3.8, 4) is 5.75 Å². The Labute approximate surface area is 144 Å². The van der Waals surface area contributed by atoms with Crippen LogP contribution >= 0.6 is 0 Å². The lowest BCUT2D eigenvalue weighted by Gasteiger charge is -2.35. The highest BCUT2D eigenvalue weighted by molar-refractivity contribution is 5.29. The first-order chi connectivity index (χ1) is 11.9. The fourth-order valence-electron chi connectivity index (χ4n) is 3.35. The Morgan fingerprint density at radius 1 is 1.08 bits per heavy atom. The lowest BCUT2D eigenvalue weighted by Crippen LogP contribution is -2.39. The third-order valence-corrected chi connectivity index (χ3v) is 4.70. The quantitative estimate of drug-likeness (QED) is 0.846. The standard InChI is InChI=1S/C20H27N3O/c1-24-19-10-8-17(9-11-19)20(23-13-5-2-6-14-23)16-21-15-18-7-3-4-12-22-18/h3-4,7-12,20-21H,2,5-6,13-16H2,1H3. The number of likely N-dealkylation sites (tertiary alicyclic amines) is 1. The maximum absolute atomic E-state index is 5.30. The first-order valence-corrected chi connectivity index (χ1v) is 8.85. The van der Waals surface area contributed by atoms with Gasteiger partial charge in [-0.3, -0.25) is 9.88 Å². The number of piperidine rings is 1. The molecule has 1 aliphatic heterocycles. The van der Waals surface area contributed by atoms with Gasteiger partial charge in [-0.05, 0) is 55.8 Å². The van der Waals surface area contributed by atoms with Gasteiger partial charge in [-0.25, -0.2) is 0 Å². The van der Waals surface area contributed by atoms with E-state index in [0.29, 0.717) is 6.04 Å². The van der Waals surface area contributed by atoms with Crippen LogP contribution in [0, 0.1) is 0 Å². The Morgan fingerprint density at radius 2 is 1.88 bits per heavy atom. The van der Waals surface area contributed by atoms with E-state index in [1.54, 1.807) is 7.11 Å². The lowest BCUT2D eigenvalue weighted by atomic mass is 10.0. The number of hydrogen-bond acceptors (Lipinski definition) is 4. The van der Waals surface area contributed by atoms with Gasteiger partial charge in [-0.1, -0.05) is 24.6 Å². The van der Waals surface area contributed by atoms with Crippen molar-refractivity contribution >= 4 is 0 Å². The summed E-state index contributed by atoms with van der Waals surface area (Å²) >= 11 is 0. The van der Waals surface area contributed by atoms with E-state index in [1.807, 2.05) is 18.3 Å². The summed E-state index contributed by atoms with van der Waals surface area (Å²) in [5.41, 5.74) is 2.44. The smallest absolute Gasteiger partial charge is 0.118 e. The second kappa shape index (κ2) is 8.81. The molecule has 128 valence electrons. The summed E-state index contributed by atoms with van der Waals surface area (Å²) in [5.74, 6) is 0.914. The van der Waals surface area contributed by atoms with Gasteiger partial charge in [0.2, 0.25) is 0 Å². The van der Waals surface area contributed by atoms with Crippen LogP contribution < -0.4 is 10.1 Å². The lowest BCUT2D eigenvalue weighted by molar-refractivity contribution is 0.160. The van der Waals surface area contributed by atoms with Crippen molar-refractivity contribution < 1.29 is 4.74 Å². The van der Waals surface area contributed by atoms with Crippen LogP contribution in [-0.4, -0.2) is 36.6 Å². The zero-order chi connectivity index (χ0) is 16.6. The van der Waals surface area contributed by atoms with Gasteiger partial charge < -0.3 is 10.1 Å². The number of methoxy groups -OCH3 is 1. The maximum atomic E-state index is 5.30. The molecule has 4 heteroatoms. The maximum Gasteiger partial charge on any atom is 0.118 e. The highest BCUT2D eigenvalue weighted by Gasteiger charge is 2.22. The fraction of sp³-hybridized carbons (Fsp3) is 0.450. The molecule has 0 saturated carbocycles. The highest BCUT2D eigenvalue weighted by Crippen LogP contribution is 2.25. The number of hydrogen-bond donors (Lipinski definition) is 1. The monoisotopic (exact) mass is 325 g/mol. The average Bonchev–Trinajstić information content (AvgIpc) is 2.67. The second-order valence-corrected chi connectivity index (χ2v) is 6.34. The topological polar surface area (TPSA) is 37.4 Å². The van der Waals surface area contributed by atoms with Crippen molar-refractivity contribution in [3.05, 3.63) is 59.9 Å². The van der Waals surface area contributed by atoms with Gasteiger partial charge >= 0.3 is 0 Å². The predicted octanol–water partition coefficient (Wildman–Crippen LogP) is 3.41. The minimum Gasteiger partial charge on any atom is -0.497 e. The van der Waals surface area contributed by atoms with Crippen LogP contribution in [0.3, 0.4) is 0 Å². The number of pyridine rings is 1. The van der Waals surface area contributed by atoms with Crippen LogP contribution in [0.1, 0.15) is 36.6 Å². The molecule has 1 fully saturated rings. The largest absolute Gasteiger partial charge is 0.497 e. The van der Waals surface area contributed by atoms with Crippen LogP contribution in [0.2, 0.25) is 0 Å². The van der Waals surface area contributed by atoms with Crippen LogP contribution in [0.15, 0.2) is 48.7 Å². The number of nitrogens with zero attached hydrogens (tertiary/aromatic N) is 2. The molecule has 1 atom stereocenters. The molecule has 4 nitrogen and oxygen atoms in total. The molecule has 1 aliphatic rings. The summed E-state index contributed by atoms with van der Waals surface area (Å²) in [4.78, 5) is 7.00. The van der Waals surface area contributed by atoms with Gasteiger partial charge in [0.15, 0.2) is 0 Å². The van der Waals surface area contributed by atoms with Crippen LogP contribution in [0.4, 0.5) is 0 Å². The number of nitrogens with one attached hydrogen (secondary N) is 1. The fourth-order valence-corrected chi connectivity index (χ4v) is 3.35. The van der Waals surface area contributed by atoms with Crippen molar-refractivity contribution in [2.45, 2.75) is 31.8 Å². The van der Waals surface area contributed by atoms with Crippen molar-refractivity contribution in [2.24, 2.45) is 0 Å². The van der Waals surface area contributed by atoms with Gasteiger partial charge in [0, 0.05) is 25.3 Å². The molecule has 24 heavy (non-hydrogen) atoms. The van der Waals surface area contributed by atoms with E-state index in [0.717, 1.165) is 24.5 Å². The minimum absolute atomic E-state index is 0.403. The Morgan fingerprint density at radius 3 is 2.54 bits per heavy atom. The van der Waals surface area contributed by atoms with Crippen LogP contribution in [0.5, 0.6) is 5.75 Å². The molecular weight excluding hydrogens is 298 g/mol. The Kier molecular flexibility index (Phi) is 6.21. The molecule has 0 amide bonds. The van der Waals surface area contributed by atoms with E-state index < -0.39 is 0 Å². The van der Waals surface area contributed by atoms with Crippen LogP contribution in [0.25, 0.3) is 0 Å². The first kappa shape index (κ1) is 16.9. The summed E-state index contributed by atoms with van der Waals surface area (Å²) in [5, 5.41) is 3.59. The summed E-state index contributed by atoms with van der Waals surface area (Å²) < 4.78 is 5.30. The van der Waals surface area contributed by atoms with E-state index in [9.17, 15) is 0 Å². The van der Waals surface area contributed by atoms with E-state index in [2.05, 4.69) is 45.5 Å². The second-order valence-electron chi connectivity index (χ2n) is 6.34. The number of aromatic nitrogens is 1. The summed E-state index contributed by atoms with van der Waals surface area (Å²) in [6.07, 6.45) is 5.80. The third kappa shape index (κ3) is 4.56. The molecular formula is C20H27N3O. The van der Waals surface area contributed by atoms with Crippen molar-refractivity contribution in [1.29, 1.82) is 0 Å².